The number of rotatable bonds is 6. The van der Waals surface area contributed by atoms with E-state index in [-0.39, 0.29) is 5.91 Å². The van der Waals surface area contributed by atoms with Gasteiger partial charge in [-0.2, -0.15) is 0 Å². The summed E-state index contributed by atoms with van der Waals surface area (Å²) in [6.45, 7) is 6.74. The molecule has 0 aliphatic heterocycles. The minimum absolute atomic E-state index is 0.0259. The zero-order valence-corrected chi connectivity index (χ0v) is 12.8. The number of aromatic nitrogens is 4. The van der Waals surface area contributed by atoms with Gasteiger partial charge >= 0.3 is 0 Å². The van der Waals surface area contributed by atoms with E-state index in [1.54, 1.807) is 0 Å². The number of aryl methyl sites for hydroxylation is 2. The fraction of sp³-hybridized carbons (Fsp3) is 0.538. The third-order valence-electron chi connectivity index (χ3n) is 2.85. The Morgan fingerprint density at radius 1 is 1.40 bits per heavy atom. The molecule has 1 N–H and O–H groups in total. The first kappa shape index (κ1) is 14.8. The minimum atomic E-state index is 0.0259. The van der Waals surface area contributed by atoms with Crippen LogP contribution in [0, 0.1) is 13.8 Å². The van der Waals surface area contributed by atoms with Gasteiger partial charge in [-0.05, 0) is 26.3 Å². The second kappa shape index (κ2) is 6.69. The zero-order chi connectivity index (χ0) is 14.5. The van der Waals surface area contributed by atoms with E-state index < -0.39 is 0 Å². The van der Waals surface area contributed by atoms with Crippen molar-refractivity contribution in [1.29, 1.82) is 0 Å². The largest absolute Gasteiger partial charge is 0.355 e. The Morgan fingerprint density at radius 3 is 2.95 bits per heavy atom. The Balaban J connectivity index is 2.02. The van der Waals surface area contributed by atoms with E-state index in [1.165, 1.54) is 11.8 Å². The van der Waals surface area contributed by atoms with Crippen LogP contribution in [0.5, 0.6) is 0 Å². The van der Waals surface area contributed by atoms with Crippen LogP contribution in [0.15, 0.2) is 11.2 Å². The van der Waals surface area contributed by atoms with Gasteiger partial charge in [0.05, 0.1) is 5.75 Å². The summed E-state index contributed by atoms with van der Waals surface area (Å²) in [4.78, 5) is 16.0. The Labute approximate surface area is 122 Å². The molecule has 0 aromatic carbocycles. The third-order valence-corrected chi connectivity index (χ3v) is 3.78. The van der Waals surface area contributed by atoms with E-state index in [0.717, 1.165) is 30.8 Å². The highest BCUT2D eigenvalue weighted by molar-refractivity contribution is 7.99. The highest BCUT2D eigenvalue weighted by atomic mass is 32.2. The fourth-order valence-corrected chi connectivity index (χ4v) is 2.69. The monoisotopic (exact) mass is 293 g/mol. The maximum atomic E-state index is 11.7. The van der Waals surface area contributed by atoms with Crippen LogP contribution >= 0.6 is 11.8 Å². The van der Waals surface area contributed by atoms with E-state index in [4.69, 9.17) is 0 Å². The quantitative estimate of drug-likeness (QED) is 0.649. The minimum Gasteiger partial charge on any atom is -0.355 e. The van der Waals surface area contributed by atoms with Crippen molar-refractivity contribution >= 4 is 23.4 Å². The van der Waals surface area contributed by atoms with Crippen LogP contribution in [0.2, 0.25) is 0 Å². The lowest BCUT2D eigenvalue weighted by Crippen LogP contribution is -2.26. The van der Waals surface area contributed by atoms with E-state index in [0.29, 0.717) is 16.7 Å². The Hall–Kier alpha value is -1.63. The molecule has 7 heteroatoms. The molecule has 0 radical (unpaired) electrons. The van der Waals surface area contributed by atoms with Crippen LogP contribution in [0.25, 0.3) is 5.78 Å². The maximum absolute atomic E-state index is 11.7. The molecule has 0 bridgehead atoms. The summed E-state index contributed by atoms with van der Waals surface area (Å²) >= 11 is 1.38. The van der Waals surface area contributed by atoms with Gasteiger partial charge in [-0.25, -0.2) is 4.98 Å². The Morgan fingerprint density at radius 2 is 2.20 bits per heavy atom. The van der Waals surface area contributed by atoms with Crippen LogP contribution in [0.1, 0.15) is 31.2 Å². The number of fused-ring (bicyclic) bond motifs is 1. The summed E-state index contributed by atoms with van der Waals surface area (Å²) in [5.74, 6) is 0.951. The van der Waals surface area contributed by atoms with Crippen LogP contribution in [-0.2, 0) is 4.79 Å². The lowest BCUT2D eigenvalue weighted by Gasteiger charge is -2.05. The molecule has 0 unspecified atom stereocenters. The van der Waals surface area contributed by atoms with Gasteiger partial charge in [-0.15, -0.1) is 10.2 Å². The number of thioether (sulfide) groups is 1. The molecule has 0 atom stereocenters. The Bertz CT molecular complexity index is 610. The highest BCUT2D eigenvalue weighted by Gasteiger charge is 2.11. The molecule has 1 amide bonds. The summed E-state index contributed by atoms with van der Waals surface area (Å²) in [6.07, 6.45) is 2.08. The summed E-state index contributed by atoms with van der Waals surface area (Å²) < 4.78 is 1.87. The summed E-state index contributed by atoms with van der Waals surface area (Å²) in [5.41, 5.74) is 1.93. The van der Waals surface area contributed by atoms with Crippen molar-refractivity contribution < 1.29 is 4.79 Å². The molecule has 0 fully saturated rings. The van der Waals surface area contributed by atoms with Crippen LogP contribution in [0.4, 0.5) is 0 Å². The predicted octanol–water partition coefficient (Wildman–Crippen LogP) is 1.75. The van der Waals surface area contributed by atoms with Gasteiger partial charge < -0.3 is 5.32 Å². The molecule has 0 saturated carbocycles. The maximum Gasteiger partial charge on any atom is 0.256 e. The van der Waals surface area contributed by atoms with Gasteiger partial charge in [0, 0.05) is 17.9 Å². The van der Waals surface area contributed by atoms with E-state index in [9.17, 15) is 4.79 Å². The highest BCUT2D eigenvalue weighted by Crippen LogP contribution is 2.18. The van der Waals surface area contributed by atoms with Crippen LogP contribution < -0.4 is 5.32 Å². The van der Waals surface area contributed by atoms with Gasteiger partial charge in [-0.3, -0.25) is 9.20 Å². The van der Waals surface area contributed by atoms with E-state index in [2.05, 4.69) is 27.4 Å². The molecule has 108 valence electrons. The van der Waals surface area contributed by atoms with Crippen molar-refractivity contribution in [3.63, 3.8) is 0 Å². The van der Waals surface area contributed by atoms with Crippen molar-refractivity contribution in [1.82, 2.24) is 24.9 Å². The molecule has 0 saturated heterocycles. The normalized spacial score (nSPS) is 10.9. The lowest BCUT2D eigenvalue weighted by molar-refractivity contribution is -0.118. The number of unbranched alkanes of at least 4 members (excludes halogenated alkanes) is 1. The van der Waals surface area contributed by atoms with Gasteiger partial charge in [0.25, 0.3) is 5.78 Å². The van der Waals surface area contributed by atoms with E-state index in [1.807, 2.05) is 24.3 Å². The number of carbonyl (C=O) groups is 1. The molecular formula is C13H19N5OS. The van der Waals surface area contributed by atoms with Crippen molar-refractivity contribution in [3.05, 3.63) is 17.5 Å². The van der Waals surface area contributed by atoms with Gasteiger partial charge in [0.1, 0.15) is 0 Å². The average molecular weight is 293 g/mol. The molecule has 20 heavy (non-hydrogen) atoms. The SMILES string of the molecule is CCCCNC(=O)CSc1nnc2nc(C)cc(C)n12. The standard InChI is InChI=1S/C13H19N5OS/c1-4-5-6-14-11(19)8-20-13-17-16-12-15-9(2)7-10(3)18(12)13/h7H,4-6,8H2,1-3H3,(H,14,19). The Kier molecular flexibility index (Phi) is 4.94. The lowest BCUT2D eigenvalue weighted by atomic mass is 10.3. The van der Waals surface area contributed by atoms with Crippen molar-refractivity contribution in [2.24, 2.45) is 0 Å². The first-order chi connectivity index (χ1) is 9.61. The molecule has 0 aliphatic carbocycles. The predicted molar refractivity (Wildman–Crippen MR) is 78.9 cm³/mol. The number of hydrogen-bond acceptors (Lipinski definition) is 5. The number of amides is 1. The number of carbonyl (C=O) groups excluding carboxylic acids is 1. The molecule has 0 spiro atoms. The van der Waals surface area contributed by atoms with Gasteiger partial charge in [-0.1, -0.05) is 25.1 Å². The van der Waals surface area contributed by atoms with Crippen LogP contribution in [0.3, 0.4) is 0 Å². The fourth-order valence-electron chi connectivity index (χ4n) is 1.88. The topological polar surface area (TPSA) is 72.2 Å². The second-order valence-corrected chi connectivity index (χ2v) is 5.59. The molecule has 2 heterocycles. The molecular weight excluding hydrogens is 274 g/mol. The second-order valence-electron chi connectivity index (χ2n) is 4.65. The average Bonchev–Trinajstić information content (AvgIpc) is 2.80. The number of nitrogens with one attached hydrogen (secondary N) is 1. The first-order valence-electron chi connectivity index (χ1n) is 6.70. The van der Waals surface area contributed by atoms with E-state index >= 15 is 0 Å². The first-order valence-corrected chi connectivity index (χ1v) is 7.69. The number of nitrogens with zero attached hydrogens (tertiary/aromatic N) is 4. The molecule has 0 aliphatic rings. The molecule has 2 rings (SSSR count). The summed E-state index contributed by atoms with van der Waals surface area (Å²) in [5, 5.41) is 11.7. The smallest absolute Gasteiger partial charge is 0.256 e. The van der Waals surface area contributed by atoms with Crippen molar-refractivity contribution in [3.8, 4) is 0 Å². The molecule has 2 aromatic rings. The summed E-state index contributed by atoms with van der Waals surface area (Å²) in [6, 6.07) is 1.97. The van der Waals surface area contributed by atoms with Crippen molar-refractivity contribution in [2.75, 3.05) is 12.3 Å². The molecule has 2 aromatic heterocycles. The molecule has 6 nitrogen and oxygen atoms in total. The van der Waals surface area contributed by atoms with Crippen LogP contribution in [-0.4, -0.2) is 37.8 Å². The summed E-state index contributed by atoms with van der Waals surface area (Å²) in [7, 11) is 0. The van der Waals surface area contributed by atoms with Gasteiger partial charge in [0.2, 0.25) is 5.91 Å². The van der Waals surface area contributed by atoms with Gasteiger partial charge in [0.15, 0.2) is 5.16 Å². The zero-order valence-electron chi connectivity index (χ0n) is 12.0. The van der Waals surface area contributed by atoms with Crippen molar-refractivity contribution in [2.45, 2.75) is 38.8 Å². The number of hydrogen-bond donors (Lipinski definition) is 1. The third kappa shape index (κ3) is 3.47.